The van der Waals surface area contributed by atoms with Crippen LogP contribution in [-0.4, -0.2) is 23.3 Å². The summed E-state index contributed by atoms with van der Waals surface area (Å²) in [6.07, 6.45) is 5.53. The Hall–Kier alpha value is -1.69. The van der Waals surface area contributed by atoms with E-state index in [0.717, 1.165) is 26.5 Å². The molecule has 3 rings (SSSR count). The van der Waals surface area contributed by atoms with E-state index in [4.69, 9.17) is 9.31 Å². The van der Waals surface area contributed by atoms with Crippen LogP contribution in [0.15, 0.2) is 37.6 Å². The molecule has 124 valence electrons. The molecule has 0 aliphatic carbocycles. The largest absolute Gasteiger partial charge is 0.496 e. The summed E-state index contributed by atoms with van der Waals surface area (Å²) in [5, 5.41) is 0. The molecule has 1 fully saturated rings. The normalized spacial score (nSPS) is 18.6. The van der Waals surface area contributed by atoms with Gasteiger partial charge in [0, 0.05) is 16.5 Å². The van der Waals surface area contributed by atoms with Crippen LogP contribution in [0.25, 0.3) is 22.7 Å². The Morgan fingerprint density at radius 1 is 1.08 bits per heavy atom. The van der Waals surface area contributed by atoms with Gasteiger partial charge in [0.25, 0.3) is 0 Å². The van der Waals surface area contributed by atoms with E-state index in [-0.39, 0.29) is 18.3 Å². The molecule has 24 heavy (non-hydrogen) atoms. The average molecular weight is 339 g/mol. The summed E-state index contributed by atoms with van der Waals surface area (Å²) in [6.45, 7) is 15.9. The van der Waals surface area contributed by atoms with Gasteiger partial charge in [-0.2, -0.15) is 0 Å². The Labute approximate surface area is 148 Å². The van der Waals surface area contributed by atoms with Gasteiger partial charge in [0.2, 0.25) is 0 Å². The lowest BCUT2D eigenvalue weighted by Crippen LogP contribution is -2.41. The quantitative estimate of drug-likeness (QED) is 0.774. The van der Waals surface area contributed by atoms with Crippen LogP contribution in [0, 0.1) is 0 Å². The fourth-order valence-corrected chi connectivity index (χ4v) is 3.53. The SMILES string of the molecule is C=Cc1cc(-c2ccc(B3OC(C)(C)C(C)(C)O3)cn2)sc1C=C. The van der Waals surface area contributed by atoms with E-state index in [1.807, 2.05) is 58.2 Å². The summed E-state index contributed by atoms with van der Waals surface area (Å²) in [6, 6.07) is 6.11. The van der Waals surface area contributed by atoms with Gasteiger partial charge in [-0.15, -0.1) is 11.3 Å². The summed E-state index contributed by atoms with van der Waals surface area (Å²) < 4.78 is 12.1. The predicted octanol–water partition coefficient (Wildman–Crippen LogP) is 4.40. The van der Waals surface area contributed by atoms with Gasteiger partial charge in [-0.05, 0) is 45.4 Å². The molecular formula is C19H22BNO2S. The van der Waals surface area contributed by atoms with Gasteiger partial charge in [0.15, 0.2) is 0 Å². The number of hydrogen-bond donors (Lipinski definition) is 0. The third kappa shape index (κ3) is 2.88. The van der Waals surface area contributed by atoms with E-state index in [2.05, 4.69) is 24.2 Å². The Morgan fingerprint density at radius 2 is 1.75 bits per heavy atom. The van der Waals surface area contributed by atoms with Crippen molar-refractivity contribution in [2.45, 2.75) is 38.9 Å². The maximum atomic E-state index is 6.07. The highest BCUT2D eigenvalue weighted by atomic mass is 32.1. The van der Waals surface area contributed by atoms with E-state index >= 15 is 0 Å². The second-order valence-electron chi connectivity index (χ2n) is 6.90. The van der Waals surface area contributed by atoms with Crippen molar-refractivity contribution < 1.29 is 9.31 Å². The Balaban J connectivity index is 1.85. The first-order chi connectivity index (χ1) is 11.3. The molecule has 0 amide bonds. The van der Waals surface area contributed by atoms with Gasteiger partial charge >= 0.3 is 7.12 Å². The molecular weight excluding hydrogens is 317 g/mol. The van der Waals surface area contributed by atoms with Crippen molar-refractivity contribution in [2.24, 2.45) is 0 Å². The fourth-order valence-electron chi connectivity index (χ4n) is 2.53. The molecule has 0 unspecified atom stereocenters. The molecule has 3 nitrogen and oxygen atoms in total. The minimum Gasteiger partial charge on any atom is -0.399 e. The van der Waals surface area contributed by atoms with Gasteiger partial charge in [0.05, 0.1) is 21.8 Å². The van der Waals surface area contributed by atoms with Gasteiger partial charge in [-0.1, -0.05) is 31.4 Å². The van der Waals surface area contributed by atoms with Crippen LogP contribution in [0.3, 0.4) is 0 Å². The molecule has 5 heteroatoms. The Bertz CT molecular complexity index is 736. The van der Waals surface area contributed by atoms with Crippen molar-refractivity contribution in [3.63, 3.8) is 0 Å². The van der Waals surface area contributed by atoms with Gasteiger partial charge in [0.1, 0.15) is 0 Å². The molecule has 1 aliphatic rings. The minimum absolute atomic E-state index is 0.345. The van der Waals surface area contributed by atoms with Crippen LogP contribution in [-0.2, 0) is 9.31 Å². The number of pyridine rings is 1. The maximum absolute atomic E-state index is 6.07. The third-order valence-corrected chi connectivity index (χ3v) is 5.93. The van der Waals surface area contributed by atoms with Gasteiger partial charge < -0.3 is 9.31 Å². The van der Waals surface area contributed by atoms with Crippen LogP contribution in [0.5, 0.6) is 0 Å². The maximum Gasteiger partial charge on any atom is 0.496 e. The summed E-state index contributed by atoms with van der Waals surface area (Å²) in [5.41, 5.74) is 2.25. The molecule has 0 bridgehead atoms. The molecule has 0 atom stereocenters. The lowest BCUT2D eigenvalue weighted by atomic mass is 9.80. The minimum atomic E-state index is -0.382. The second-order valence-corrected chi connectivity index (χ2v) is 7.99. The molecule has 3 heterocycles. The number of hydrogen-bond acceptors (Lipinski definition) is 4. The summed E-state index contributed by atoms with van der Waals surface area (Å²) in [7, 11) is -0.382. The van der Waals surface area contributed by atoms with Gasteiger partial charge in [-0.25, -0.2) is 0 Å². The molecule has 0 saturated carbocycles. The van der Waals surface area contributed by atoms with Crippen molar-refractivity contribution in [3.8, 4) is 10.6 Å². The van der Waals surface area contributed by atoms with Gasteiger partial charge in [-0.3, -0.25) is 4.98 Å². The predicted molar refractivity (Wildman–Crippen MR) is 103 cm³/mol. The monoisotopic (exact) mass is 339 g/mol. The van der Waals surface area contributed by atoms with Crippen LogP contribution < -0.4 is 5.46 Å². The van der Waals surface area contributed by atoms with Crippen molar-refractivity contribution in [3.05, 3.63) is 48.0 Å². The number of thiophene rings is 1. The molecule has 1 aliphatic heterocycles. The Morgan fingerprint density at radius 3 is 2.21 bits per heavy atom. The van der Waals surface area contributed by atoms with Crippen LogP contribution in [0.4, 0.5) is 0 Å². The summed E-state index contributed by atoms with van der Waals surface area (Å²) >= 11 is 1.66. The molecule has 2 aromatic heterocycles. The first-order valence-corrected chi connectivity index (χ1v) is 8.80. The summed E-state index contributed by atoms with van der Waals surface area (Å²) in [5.74, 6) is 0. The zero-order valence-corrected chi connectivity index (χ0v) is 15.4. The summed E-state index contributed by atoms with van der Waals surface area (Å²) in [4.78, 5) is 6.80. The fraction of sp³-hybridized carbons (Fsp3) is 0.316. The zero-order chi connectivity index (χ0) is 17.5. The first kappa shape index (κ1) is 17.1. The highest BCUT2D eigenvalue weighted by Crippen LogP contribution is 2.36. The highest BCUT2D eigenvalue weighted by molar-refractivity contribution is 7.16. The van der Waals surface area contributed by atoms with E-state index in [1.165, 1.54) is 0 Å². The molecule has 0 spiro atoms. The molecule has 0 N–H and O–H groups in total. The number of nitrogens with zero attached hydrogens (tertiary/aromatic N) is 1. The van der Waals surface area contributed by atoms with Crippen molar-refractivity contribution in [1.82, 2.24) is 4.98 Å². The number of aromatic nitrogens is 1. The smallest absolute Gasteiger partial charge is 0.399 e. The Kier molecular flexibility index (Phi) is 4.28. The van der Waals surface area contributed by atoms with E-state index in [1.54, 1.807) is 11.3 Å². The first-order valence-electron chi connectivity index (χ1n) is 7.98. The lowest BCUT2D eigenvalue weighted by Gasteiger charge is -2.32. The van der Waals surface area contributed by atoms with Crippen LogP contribution in [0.2, 0.25) is 0 Å². The topological polar surface area (TPSA) is 31.4 Å². The zero-order valence-electron chi connectivity index (χ0n) is 14.6. The molecule has 2 aromatic rings. The van der Waals surface area contributed by atoms with Crippen LogP contribution >= 0.6 is 11.3 Å². The number of rotatable bonds is 4. The molecule has 0 aromatic carbocycles. The second kappa shape index (κ2) is 5.99. The van der Waals surface area contributed by atoms with E-state index in [9.17, 15) is 0 Å². The van der Waals surface area contributed by atoms with E-state index in [0.29, 0.717) is 0 Å². The average Bonchev–Trinajstić information content (AvgIpc) is 3.05. The lowest BCUT2D eigenvalue weighted by molar-refractivity contribution is 0.00578. The van der Waals surface area contributed by atoms with E-state index < -0.39 is 0 Å². The van der Waals surface area contributed by atoms with Crippen molar-refractivity contribution >= 4 is 36.1 Å². The van der Waals surface area contributed by atoms with Crippen molar-refractivity contribution in [1.29, 1.82) is 0 Å². The molecule has 1 saturated heterocycles. The molecule has 0 radical (unpaired) electrons. The standard InChI is InChI=1S/C19H22BNO2S/c1-7-13-11-17(24-16(13)8-2)15-10-9-14(12-21-15)20-22-18(3,4)19(5,6)23-20/h7-12H,1-2H2,3-6H3. The third-order valence-electron chi connectivity index (χ3n) is 4.76. The van der Waals surface area contributed by atoms with Crippen molar-refractivity contribution in [2.75, 3.05) is 0 Å². The highest BCUT2D eigenvalue weighted by Gasteiger charge is 2.51. The van der Waals surface area contributed by atoms with Crippen LogP contribution in [0.1, 0.15) is 38.1 Å².